The van der Waals surface area contributed by atoms with Gasteiger partial charge in [-0.05, 0) is 17.3 Å². The Morgan fingerprint density at radius 3 is 2.50 bits per heavy atom. The summed E-state index contributed by atoms with van der Waals surface area (Å²) in [5.41, 5.74) is 0.547. The SMILES string of the molecule is COc1ccc([C@H]2C(C#N)C[C@]3(SC(C)=O)C(=O)N(C)[C@@H](SC(C)=O)C(=O)N23)cn1. The van der Waals surface area contributed by atoms with Gasteiger partial charge in [0.05, 0.1) is 25.1 Å². The Hall–Kier alpha value is -2.58. The second-order valence-electron chi connectivity index (χ2n) is 6.98. The molecule has 0 saturated carbocycles. The van der Waals surface area contributed by atoms with Gasteiger partial charge >= 0.3 is 0 Å². The normalized spacial score (nSPS) is 28.2. The van der Waals surface area contributed by atoms with Crippen LogP contribution in [0.15, 0.2) is 18.3 Å². The van der Waals surface area contributed by atoms with Gasteiger partial charge in [0.2, 0.25) is 5.88 Å². The van der Waals surface area contributed by atoms with Gasteiger partial charge < -0.3 is 14.5 Å². The van der Waals surface area contributed by atoms with Crippen molar-refractivity contribution >= 4 is 45.6 Å². The van der Waals surface area contributed by atoms with Gasteiger partial charge in [0.25, 0.3) is 11.8 Å². The van der Waals surface area contributed by atoms with Crippen molar-refractivity contribution in [3.05, 3.63) is 23.9 Å². The molecular weight excluding hydrogens is 428 g/mol. The minimum Gasteiger partial charge on any atom is -0.481 e. The molecule has 9 nitrogen and oxygen atoms in total. The van der Waals surface area contributed by atoms with Crippen molar-refractivity contribution in [3.63, 3.8) is 0 Å². The maximum atomic E-state index is 13.5. The van der Waals surface area contributed by atoms with E-state index in [4.69, 9.17) is 4.74 Å². The molecule has 2 aliphatic rings. The number of hydrogen-bond donors (Lipinski definition) is 0. The largest absolute Gasteiger partial charge is 0.481 e. The lowest BCUT2D eigenvalue weighted by molar-refractivity contribution is -0.158. The predicted molar refractivity (Wildman–Crippen MR) is 110 cm³/mol. The molecule has 1 unspecified atom stereocenters. The number of thioether (sulfide) groups is 2. The number of likely N-dealkylation sites (N-methyl/N-ethyl adjacent to an activating group) is 1. The standard InChI is InChI=1S/C19H20N4O5S2/c1-10(24)29-17-16(26)23-15(12-5-6-14(28-4)21-9-12)13(8-20)7-19(23,30-11(2)25)18(27)22(17)3/h5-6,9,13,15,17H,7H2,1-4H3/t13?,15-,17-,19-/m0/s1. The van der Waals surface area contributed by atoms with E-state index < -0.39 is 34.0 Å². The molecule has 0 aliphatic carbocycles. The van der Waals surface area contributed by atoms with Crippen molar-refractivity contribution in [1.29, 1.82) is 5.26 Å². The van der Waals surface area contributed by atoms with Crippen LogP contribution in [0.4, 0.5) is 0 Å². The number of aromatic nitrogens is 1. The van der Waals surface area contributed by atoms with Crippen molar-refractivity contribution in [2.75, 3.05) is 14.2 Å². The number of amides is 2. The molecule has 11 heteroatoms. The van der Waals surface area contributed by atoms with Crippen molar-refractivity contribution in [1.82, 2.24) is 14.8 Å². The summed E-state index contributed by atoms with van der Waals surface area (Å²) in [6, 6.07) is 4.68. The Kier molecular flexibility index (Phi) is 6.10. The van der Waals surface area contributed by atoms with Gasteiger partial charge in [-0.25, -0.2) is 4.98 Å². The van der Waals surface area contributed by atoms with Gasteiger partial charge in [-0.15, -0.1) is 0 Å². The molecule has 2 saturated heterocycles. The Balaban J connectivity index is 2.17. The molecule has 3 heterocycles. The third-order valence-electron chi connectivity index (χ3n) is 5.07. The summed E-state index contributed by atoms with van der Waals surface area (Å²) in [6.45, 7) is 2.63. The summed E-state index contributed by atoms with van der Waals surface area (Å²) in [6.07, 6.45) is 1.49. The number of carbonyl (C=O) groups excluding carboxylic acids is 4. The van der Waals surface area contributed by atoms with E-state index in [0.717, 1.165) is 23.5 Å². The lowest BCUT2D eigenvalue weighted by Gasteiger charge is -2.48. The number of methoxy groups -OCH3 is 1. The molecule has 158 valence electrons. The Morgan fingerprint density at radius 2 is 2.00 bits per heavy atom. The Labute approximate surface area is 182 Å². The summed E-state index contributed by atoms with van der Waals surface area (Å²) >= 11 is 1.48. The molecule has 0 N–H and O–H groups in total. The fraction of sp³-hybridized carbons (Fsp3) is 0.474. The van der Waals surface area contributed by atoms with E-state index in [1.54, 1.807) is 12.1 Å². The van der Waals surface area contributed by atoms with Crippen LogP contribution in [0.5, 0.6) is 5.88 Å². The van der Waals surface area contributed by atoms with Crippen LogP contribution in [0.1, 0.15) is 31.9 Å². The van der Waals surface area contributed by atoms with Crippen LogP contribution in [0.3, 0.4) is 0 Å². The Bertz CT molecular complexity index is 947. The second-order valence-corrected chi connectivity index (χ2v) is 9.69. The van der Waals surface area contributed by atoms with E-state index in [0.29, 0.717) is 11.4 Å². The van der Waals surface area contributed by atoms with Crippen molar-refractivity contribution in [2.24, 2.45) is 5.92 Å². The van der Waals surface area contributed by atoms with Crippen LogP contribution in [0.25, 0.3) is 0 Å². The Morgan fingerprint density at radius 1 is 1.30 bits per heavy atom. The van der Waals surface area contributed by atoms with Crippen molar-refractivity contribution in [3.8, 4) is 11.9 Å². The van der Waals surface area contributed by atoms with Crippen LogP contribution >= 0.6 is 23.5 Å². The average Bonchev–Trinajstić information content (AvgIpc) is 3.04. The number of nitrogens with zero attached hydrogens (tertiary/aromatic N) is 4. The molecule has 0 radical (unpaired) electrons. The van der Waals surface area contributed by atoms with Crippen LogP contribution < -0.4 is 4.74 Å². The highest BCUT2D eigenvalue weighted by Crippen LogP contribution is 2.55. The maximum absolute atomic E-state index is 13.5. The second kappa shape index (κ2) is 8.28. The number of hydrogen-bond acceptors (Lipinski definition) is 9. The van der Waals surface area contributed by atoms with E-state index in [1.807, 2.05) is 0 Å². The molecule has 2 aliphatic heterocycles. The molecule has 1 aromatic rings. The molecule has 1 aromatic heterocycles. The third kappa shape index (κ3) is 3.54. The smallest absolute Gasteiger partial charge is 0.260 e. The molecule has 2 amide bonds. The summed E-state index contributed by atoms with van der Waals surface area (Å²) in [5.74, 6) is -1.36. The fourth-order valence-electron chi connectivity index (χ4n) is 3.93. The number of rotatable bonds is 4. The number of carbonyl (C=O) groups is 4. The monoisotopic (exact) mass is 448 g/mol. The minimum atomic E-state index is -1.55. The van der Waals surface area contributed by atoms with E-state index in [-0.39, 0.29) is 16.7 Å². The zero-order chi connectivity index (χ0) is 22.2. The molecule has 3 rings (SSSR count). The van der Waals surface area contributed by atoms with Crippen LogP contribution in [0.2, 0.25) is 0 Å². The first kappa shape index (κ1) is 22.1. The zero-order valence-corrected chi connectivity index (χ0v) is 18.5. The van der Waals surface area contributed by atoms with Gasteiger partial charge in [-0.3, -0.25) is 19.2 Å². The zero-order valence-electron chi connectivity index (χ0n) is 16.8. The summed E-state index contributed by atoms with van der Waals surface area (Å²) in [5, 5.41) is 8.09. The topological polar surface area (TPSA) is 121 Å². The summed E-state index contributed by atoms with van der Waals surface area (Å²) in [7, 11) is 2.90. The van der Waals surface area contributed by atoms with Gasteiger partial charge in [-0.1, -0.05) is 17.8 Å². The van der Waals surface area contributed by atoms with Crippen LogP contribution in [-0.2, 0) is 19.2 Å². The quantitative estimate of drug-likeness (QED) is 0.675. The highest BCUT2D eigenvalue weighted by atomic mass is 32.2. The predicted octanol–water partition coefficient (Wildman–Crippen LogP) is 1.56. The van der Waals surface area contributed by atoms with E-state index in [2.05, 4.69) is 11.1 Å². The number of nitriles is 1. The third-order valence-corrected chi connectivity index (χ3v) is 7.30. The molecule has 0 spiro atoms. The minimum absolute atomic E-state index is 0.00316. The van der Waals surface area contributed by atoms with Crippen LogP contribution in [0, 0.1) is 17.2 Å². The first-order valence-corrected chi connectivity index (χ1v) is 10.7. The molecule has 0 aromatic carbocycles. The lowest BCUT2D eigenvalue weighted by Crippen LogP contribution is -2.66. The van der Waals surface area contributed by atoms with E-state index in [9.17, 15) is 24.4 Å². The first-order valence-electron chi connectivity index (χ1n) is 9.03. The number of ether oxygens (including phenoxy) is 1. The van der Waals surface area contributed by atoms with Gasteiger partial charge in [-0.2, -0.15) is 5.26 Å². The van der Waals surface area contributed by atoms with Crippen molar-refractivity contribution in [2.45, 2.75) is 36.6 Å². The van der Waals surface area contributed by atoms with Gasteiger partial charge in [0.1, 0.15) is 0 Å². The molecule has 30 heavy (non-hydrogen) atoms. The molecular formula is C19H20N4O5S2. The molecule has 2 fully saturated rings. The van der Waals surface area contributed by atoms with Crippen LogP contribution in [-0.4, -0.2) is 61.2 Å². The van der Waals surface area contributed by atoms with Gasteiger partial charge in [0.15, 0.2) is 20.5 Å². The van der Waals surface area contributed by atoms with E-state index >= 15 is 0 Å². The number of piperazine rings is 1. The van der Waals surface area contributed by atoms with Gasteiger partial charge in [0, 0.05) is 39.6 Å². The maximum Gasteiger partial charge on any atom is 0.260 e. The first-order chi connectivity index (χ1) is 14.2. The number of fused-ring (bicyclic) bond motifs is 1. The molecule has 4 atom stereocenters. The highest BCUT2D eigenvalue weighted by molar-refractivity contribution is 8.15. The van der Waals surface area contributed by atoms with E-state index in [1.165, 1.54) is 44.0 Å². The summed E-state index contributed by atoms with van der Waals surface area (Å²) < 4.78 is 5.07. The van der Waals surface area contributed by atoms with Crippen molar-refractivity contribution < 1.29 is 23.9 Å². The number of pyridine rings is 1. The highest BCUT2D eigenvalue weighted by Gasteiger charge is 2.65. The molecule has 0 bridgehead atoms. The fourth-order valence-corrected chi connectivity index (χ4v) is 5.98. The summed E-state index contributed by atoms with van der Waals surface area (Å²) in [4.78, 5) is 55.9. The lowest BCUT2D eigenvalue weighted by atomic mass is 9.95. The average molecular weight is 449 g/mol.